The fraction of sp³-hybridized carbons (Fsp3) is 0.240. The van der Waals surface area contributed by atoms with Gasteiger partial charge in [0.1, 0.15) is 11.4 Å². The summed E-state index contributed by atoms with van der Waals surface area (Å²) >= 11 is 0. The summed E-state index contributed by atoms with van der Waals surface area (Å²) in [5, 5.41) is 3.23. The van der Waals surface area contributed by atoms with E-state index in [-0.39, 0.29) is 5.41 Å². The number of anilines is 2. The number of hydrogen-bond donors (Lipinski definition) is 2. The van der Waals surface area contributed by atoms with Crippen molar-refractivity contribution >= 4 is 28.6 Å². The fourth-order valence-corrected chi connectivity index (χ4v) is 3.43. The molecule has 0 aliphatic rings. The predicted molar refractivity (Wildman–Crippen MR) is 127 cm³/mol. The molecule has 0 unspecified atom stereocenters. The lowest BCUT2D eigenvalue weighted by molar-refractivity contribution is 0.0601. The maximum absolute atomic E-state index is 11.8. The molecule has 0 aliphatic carbocycles. The van der Waals surface area contributed by atoms with Crippen molar-refractivity contribution in [3.63, 3.8) is 0 Å². The van der Waals surface area contributed by atoms with Gasteiger partial charge in [0.2, 0.25) is 17.7 Å². The predicted octanol–water partition coefficient (Wildman–Crippen LogP) is 5.59. The first kappa shape index (κ1) is 22.1. The number of aromatic nitrogens is 3. The molecule has 2 heterocycles. The van der Waals surface area contributed by atoms with Crippen LogP contribution in [0, 0.1) is 0 Å². The van der Waals surface area contributed by atoms with Gasteiger partial charge in [-0.15, -0.1) is 0 Å². The van der Waals surface area contributed by atoms with Gasteiger partial charge in [-0.1, -0.05) is 39.0 Å². The smallest absolute Gasteiger partial charge is 0.337 e. The Bertz CT molecular complexity index is 1310. The Morgan fingerprint density at radius 2 is 1.79 bits per heavy atom. The normalized spacial score (nSPS) is 11.3. The molecule has 170 valence electrons. The van der Waals surface area contributed by atoms with Gasteiger partial charge in [-0.2, -0.15) is 4.98 Å². The summed E-state index contributed by atoms with van der Waals surface area (Å²) in [4.78, 5) is 24.0. The van der Waals surface area contributed by atoms with Crippen LogP contribution in [-0.2, 0) is 10.2 Å². The molecule has 0 saturated heterocycles. The number of fused-ring (bicyclic) bond motifs is 1. The minimum Gasteiger partial charge on any atom is -0.481 e. The van der Waals surface area contributed by atoms with Crippen LogP contribution < -0.4 is 14.8 Å². The van der Waals surface area contributed by atoms with Crippen molar-refractivity contribution in [3.05, 3.63) is 65.7 Å². The highest BCUT2D eigenvalue weighted by atomic mass is 16.5. The molecular weight excluding hydrogens is 420 g/mol. The van der Waals surface area contributed by atoms with Gasteiger partial charge in [0.25, 0.3) is 0 Å². The molecule has 4 aromatic rings. The summed E-state index contributed by atoms with van der Waals surface area (Å²) in [6, 6.07) is 16.6. The van der Waals surface area contributed by atoms with Crippen LogP contribution in [-0.4, -0.2) is 35.1 Å². The molecule has 0 amide bonds. The molecule has 2 N–H and O–H groups in total. The van der Waals surface area contributed by atoms with Crippen LogP contribution in [0.25, 0.3) is 11.0 Å². The van der Waals surface area contributed by atoms with Crippen molar-refractivity contribution in [2.45, 2.75) is 26.2 Å². The molecule has 4 rings (SSSR count). The maximum atomic E-state index is 11.8. The quantitative estimate of drug-likeness (QED) is 0.373. The molecule has 2 aromatic carbocycles. The van der Waals surface area contributed by atoms with Gasteiger partial charge >= 0.3 is 5.97 Å². The van der Waals surface area contributed by atoms with E-state index in [0.29, 0.717) is 45.7 Å². The highest BCUT2D eigenvalue weighted by Crippen LogP contribution is 2.37. The van der Waals surface area contributed by atoms with E-state index in [4.69, 9.17) is 14.2 Å². The first-order chi connectivity index (χ1) is 15.8. The molecule has 0 atom stereocenters. The number of aromatic amines is 1. The highest BCUT2D eigenvalue weighted by molar-refractivity contribution is 5.94. The summed E-state index contributed by atoms with van der Waals surface area (Å²) in [6.45, 7) is 6.39. The Morgan fingerprint density at radius 1 is 1.00 bits per heavy atom. The Balaban J connectivity index is 1.69. The molecule has 8 nitrogen and oxygen atoms in total. The molecule has 8 heteroatoms. The number of benzene rings is 2. The van der Waals surface area contributed by atoms with Gasteiger partial charge in [-0.25, -0.2) is 9.78 Å². The first-order valence-corrected chi connectivity index (χ1v) is 10.5. The lowest BCUT2D eigenvalue weighted by Crippen LogP contribution is -2.12. The van der Waals surface area contributed by atoms with E-state index < -0.39 is 5.97 Å². The number of carbonyl (C=O) groups excluding carboxylic acids is 1. The summed E-state index contributed by atoms with van der Waals surface area (Å²) in [6.07, 6.45) is 0. The fourth-order valence-electron chi connectivity index (χ4n) is 3.43. The van der Waals surface area contributed by atoms with Crippen LogP contribution >= 0.6 is 0 Å². The molecule has 0 fully saturated rings. The number of para-hydroxylation sites is 1. The van der Waals surface area contributed by atoms with Crippen LogP contribution in [0.15, 0.2) is 54.6 Å². The van der Waals surface area contributed by atoms with Crippen LogP contribution in [0.5, 0.6) is 17.5 Å². The average molecular weight is 447 g/mol. The molecule has 0 bridgehead atoms. The van der Waals surface area contributed by atoms with Crippen LogP contribution in [0.3, 0.4) is 0 Å². The number of nitrogens with zero attached hydrogens (tertiary/aromatic N) is 2. The van der Waals surface area contributed by atoms with Crippen molar-refractivity contribution in [2.75, 3.05) is 19.5 Å². The van der Waals surface area contributed by atoms with Gasteiger partial charge in [-0.3, -0.25) is 0 Å². The van der Waals surface area contributed by atoms with E-state index >= 15 is 0 Å². The van der Waals surface area contributed by atoms with Crippen molar-refractivity contribution in [2.24, 2.45) is 0 Å². The van der Waals surface area contributed by atoms with Gasteiger partial charge in [0.15, 0.2) is 0 Å². The molecule has 0 saturated carbocycles. The lowest BCUT2D eigenvalue weighted by atomic mass is 9.86. The number of pyridine rings is 1. The van der Waals surface area contributed by atoms with Crippen molar-refractivity contribution in [1.82, 2.24) is 15.0 Å². The van der Waals surface area contributed by atoms with Crippen molar-refractivity contribution in [1.29, 1.82) is 0 Å². The Labute approximate surface area is 191 Å². The molecule has 2 aromatic heterocycles. The zero-order valence-electron chi connectivity index (χ0n) is 19.2. The van der Waals surface area contributed by atoms with E-state index in [1.165, 1.54) is 7.11 Å². The number of methoxy groups -OCH3 is 2. The largest absolute Gasteiger partial charge is 0.481 e. The molecule has 0 spiro atoms. The minimum absolute atomic E-state index is 0.112. The standard InChI is InChI=1S/C25H26N4O4/c1-25(2,3)16-8-6-7-9-20(16)33-22-18(12-13-21(29-22)31-4)27-24-26-17-11-10-15(23(30)32-5)14-19(17)28-24/h6-14H,1-5H3,(H2,26,27,28). The van der Waals surface area contributed by atoms with Gasteiger partial charge in [-0.05, 0) is 35.7 Å². The molecular formula is C25H26N4O4. The lowest BCUT2D eigenvalue weighted by Gasteiger charge is -2.23. The number of imidazole rings is 1. The highest BCUT2D eigenvalue weighted by Gasteiger charge is 2.20. The van der Waals surface area contributed by atoms with E-state index in [9.17, 15) is 4.79 Å². The third-order valence-corrected chi connectivity index (χ3v) is 5.10. The van der Waals surface area contributed by atoms with E-state index in [1.54, 1.807) is 31.4 Å². The van der Waals surface area contributed by atoms with E-state index in [0.717, 1.165) is 5.56 Å². The van der Waals surface area contributed by atoms with Gasteiger partial charge < -0.3 is 24.5 Å². The zero-order valence-corrected chi connectivity index (χ0v) is 19.2. The maximum Gasteiger partial charge on any atom is 0.337 e. The van der Waals surface area contributed by atoms with E-state index in [1.807, 2.05) is 30.3 Å². The second kappa shape index (κ2) is 8.82. The Morgan fingerprint density at radius 3 is 2.52 bits per heavy atom. The number of ether oxygens (including phenoxy) is 3. The van der Waals surface area contributed by atoms with Crippen LogP contribution in [0.2, 0.25) is 0 Å². The number of esters is 1. The number of hydrogen-bond acceptors (Lipinski definition) is 7. The summed E-state index contributed by atoms with van der Waals surface area (Å²) < 4.78 is 16.4. The number of rotatable bonds is 6. The average Bonchev–Trinajstić information content (AvgIpc) is 3.20. The first-order valence-electron chi connectivity index (χ1n) is 10.5. The molecule has 0 radical (unpaired) electrons. The SMILES string of the molecule is COC(=O)c1ccc2nc(Nc3ccc(OC)nc3Oc3ccccc3C(C)(C)C)[nH]c2c1. The summed E-state index contributed by atoms with van der Waals surface area (Å²) in [5.41, 5.74) is 3.38. The van der Waals surface area contributed by atoms with Gasteiger partial charge in [0, 0.05) is 11.6 Å². The number of H-pyrrole nitrogens is 1. The number of carbonyl (C=O) groups is 1. The second-order valence-electron chi connectivity index (χ2n) is 8.49. The Hall–Kier alpha value is -4.07. The van der Waals surface area contributed by atoms with Crippen LogP contribution in [0.4, 0.5) is 11.6 Å². The van der Waals surface area contributed by atoms with E-state index in [2.05, 4.69) is 41.0 Å². The minimum atomic E-state index is -0.409. The second-order valence-corrected chi connectivity index (χ2v) is 8.49. The number of nitrogens with one attached hydrogen (secondary N) is 2. The monoisotopic (exact) mass is 446 g/mol. The van der Waals surface area contributed by atoms with Crippen LogP contribution in [0.1, 0.15) is 36.7 Å². The van der Waals surface area contributed by atoms with Crippen molar-refractivity contribution in [3.8, 4) is 17.5 Å². The summed E-state index contributed by atoms with van der Waals surface area (Å²) in [5.74, 6) is 1.56. The Kier molecular flexibility index (Phi) is 5.91. The third kappa shape index (κ3) is 4.74. The molecule has 0 aliphatic heterocycles. The third-order valence-electron chi connectivity index (χ3n) is 5.10. The van der Waals surface area contributed by atoms with Gasteiger partial charge in [0.05, 0.1) is 30.8 Å². The van der Waals surface area contributed by atoms with Crippen molar-refractivity contribution < 1.29 is 19.0 Å². The topological polar surface area (TPSA) is 98.4 Å². The molecule has 33 heavy (non-hydrogen) atoms. The zero-order chi connectivity index (χ0) is 23.6. The summed E-state index contributed by atoms with van der Waals surface area (Å²) in [7, 11) is 2.91.